The number of alkyl halides is 1. The third kappa shape index (κ3) is 3.67. The molecule has 5 heavy (non-hydrogen) atoms. The summed E-state index contributed by atoms with van der Waals surface area (Å²) in [5, 5.41) is 0. The molecule has 1 radical (unpaired) electrons. The molecule has 0 aliphatic carbocycles. The second-order valence-corrected chi connectivity index (χ2v) is 0.689. The highest BCUT2D eigenvalue weighted by atomic mass is 19.1. The minimum absolute atomic E-state index is 0.330. The van der Waals surface area contributed by atoms with Crippen LogP contribution in [0, 0.1) is 6.08 Å². The zero-order valence-corrected chi connectivity index (χ0v) is 3.00. The van der Waals surface area contributed by atoms with Crippen LogP contribution >= 0.6 is 0 Å². The van der Waals surface area contributed by atoms with Crippen LogP contribution in [0.15, 0.2) is 6.58 Å². The maximum Gasteiger partial charge on any atom is 0.0934 e. The van der Waals surface area contributed by atoms with Crippen molar-refractivity contribution < 1.29 is 4.39 Å². The summed E-state index contributed by atoms with van der Waals surface area (Å²) in [4.78, 5) is 0. The van der Waals surface area contributed by atoms with Gasteiger partial charge in [0.15, 0.2) is 0 Å². The molecule has 1 heteroatoms. The molecule has 0 saturated carbocycles. The molecule has 0 atom stereocenters. The largest absolute Gasteiger partial charge is 0.251 e. The molecular weight excluding hydrogens is 67.0 g/mol. The zero-order chi connectivity index (χ0) is 4.12. The van der Waals surface area contributed by atoms with E-state index in [-0.39, 0.29) is 6.67 Å². The molecule has 0 heterocycles. The van der Waals surface area contributed by atoms with Crippen molar-refractivity contribution in [2.75, 3.05) is 6.67 Å². The van der Waals surface area contributed by atoms with E-state index in [1.54, 1.807) is 0 Å². The second kappa shape index (κ2) is 3.67. The van der Waals surface area contributed by atoms with Gasteiger partial charge in [-0.05, 0) is 6.08 Å². The summed E-state index contributed by atoms with van der Waals surface area (Å²) in [5.74, 6) is 0. The summed E-state index contributed by atoms with van der Waals surface area (Å²) in [5.41, 5.74) is 0. The number of allylic oxidation sites excluding steroid dienone is 1. The Morgan fingerprint density at radius 1 is 1.80 bits per heavy atom. The van der Waals surface area contributed by atoms with Crippen LogP contribution in [0.1, 0.15) is 6.42 Å². The molecule has 0 saturated heterocycles. The fraction of sp³-hybridized carbons (Fsp3) is 0.500. The van der Waals surface area contributed by atoms with Crippen molar-refractivity contribution >= 4 is 0 Å². The van der Waals surface area contributed by atoms with E-state index < -0.39 is 0 Å². The van der Waals surface area contributed by atoms with E-state index in [1.165, 1.54) is 0 Å². The van der Waals surface area contributed by atoms with Crippen molar-refractivity contribution in [3.05, 3.63) is 12.7 Å². The van der Waals surface area contributed by atoms with Gasteiger partial charge in [-0.1, -0.05) is 6.58 Å². The van der Waals surface area contributed by atoms with E-state index in [0.29, 0.717) is 6.42 Å². The van der Waals surface area contributed by atoms with Crippen molar-refractivity contribution in [2.45, 2.75) is 6.42 Å². The average molecular weight is 73.1 g/mol. The summed E-state index contributed by atoms with van der Waals surface area (Å²) in [6.07, 6.45) is 2.75. The number of rotatable bonds is 2. The monoisotopic (exact) mass is 73.0 g/mol. The molecule has 0 amide bonds. The Labute approximate surface area is 31.3 Å². The van der Waals surface area contributed by atoms with Gasteiger partial charge < -0.3 is 0 Å². The Bertz CT molecular complexity index is 24.8. The predicted octanol–water partition coefficient (Wildman–Crippen LogP) is 1.34. The first kappa shape index (κ1) is 4.67. The van der Waals surface area contributed by atoms with Crippen molar-refractivity contribution in [1.29, 1.82) is 0 Å². The molecule has 0 bridgehead atoms. The minimum atomic E-state index is -0.330. The SMILES string of the molecule is C=[C]CCF. The van der Waals surface area contributed by atoms with Crippen LogP contribution in [0.2, 0.25) is 0 Å². The van der Waals surface area contributed by atoms with Gasteiger partial charge in [0.25, 0.3) is 0 Å². The van der Waals surface area contributed by atoms with Crippen LogP contribution in [-0.4, -0.2) is 6.67 Å². The summed E-state index contributed by atoms with van der Waals surface area (Å²) >= 11 is 0. The van der Waals surface area contributed by atoms with E-state index in [9.17, 15) is 4.39 Å². The first-order valence-corrected chi connectivity index (χ1v) is 1.47. The van der Waals surface area contributed by atoms with Crippen LogP contribution in [-0.2, 0) is 0 Å². The van der Waals surface area contributed by atoms with Crippen LogP contribution in [0.5, 0.6) is 0 Å². The van der Waals surface area contributed by atoms with Gasteiger partial charge in [-0.2, -0.15) is 0 Å². The van der Waals surface area contributed by atoms with Gasteiger partial charge in [0.05, 0.1) is 6.67 Å². The molecular formula is C4H6F. The van der Waals surface area contributed by atoms with Gasteiger partial charge in [-0.15, -0.1) is 0 Å². The molecule has 29 valence electrons. The molecule has 0 aliphatic rings. The van der Waals surface area contributed by atoms with Crippen molar-refractivity contribution in [3.8, 4) is 0 Å². The van der Waals surface area contributed by atoms with Crippen LogP contribution in [0.25, 0.3) is 0 Å². The van der Waals surface area contributed by atoms with E-state index in [1.807, 2.05) is 0 Å². The predicted molar refractivity (Wildman–Crippen MR) is 19.5 cm³/mol. The Hall–Kier alpha value is -0.330. The highest BCUT2D eigenvalue weighted by Crippen LogP contribution is 1.74. The quantitative estimate of drug-likeness (QED) is 0.462. The number of halogens is 1. The zero-order valence-electron chi connectivity index (χ0n) is 3.00. The van der Waals surface area contributed by atoms with Crippen molar-refractivity contribution in [3.63, 3.8) is 0 Å². The fourth-order valence-electron chi connectivity index (χ4n) is 0.0668. The summed E-state index contributed by atoms with van der Waals surface area (Å²) in [7, 11) is 0. The third-order valence-corrected chi connectivity index (χ3v) is 0.271. The topological polar surface area (TPSA) is 0 Å². The molecule has 0 nitrogen and oxygen atoms in total. The smallest absolute Gasteiger partial charge is 0.0934 e. The molecule has 0 N–H and O–H groups in total. The normalized spacial score (nSPS) is 7.40. The molecule has 0 aromatic carbocycles. The number of hydrogen-bond donors (Lipinski definition) is 0. The van der Waals surface area contributed by atoms with E-state index in [4.69, 9.17) is 0 Å². The van der Waals surface area contributed by atoms with Gasteiger partial charge >= 0.3 is 0 Å². The molecule has 0 fully saturated rings. The van der Waals surface area contributed by atoms with Crippen LogP contribution in [0.3, 0.4) is 0 Å². The molecule has 0 aromatic heterocycles. The van der Waals surface area contributed by atoms with Gasteiger partial charge in [-0.25, -0.2) is 0 Å². The van der Waals surface area contributed by atoms with Crippen LogP contribution in [0.4, 0.5) is 4.39 Å². The van der Waals surface area contributed by atoms with Crippen molar-refractivity contribution in [2.24, 2.45) is 0 Å². The highest BCUT2D eigenvalue weighted by molar-refractivity contribution is 4.51. The van der Waals surface area contributed by atoms with Gasteiger partial charge in [0, 0.05) is 6.42 Å². The third-order valence-electron chi connectivity index (χ3n) is 0.271. The Kier molecular flexibility index (Phi) is 3.43. The van der Waals surface area contributed by atoms with Gasteiger partial charge in [0.1, 0.15) is 0 Å². The summed E-state index contributed by atoms with van der Waals surface area (Å²) in [6, 6.07) is 0. The lowest BCUT2D eigenvalue weighted by molar-refractivity contribution is 0.498. The maximum absolute atomic E-state index is 10.9. The van der Waals surface area contributed by atoms with Gasteiger partial charge in [0.2, 0.25) is 0 Å². The first-order chi connectivity index (χ1) is 2.41. The first-order valence-electron chi connectivity index (χ1n) is 1.47. The standard InChI is InChI=1S/C4H6F/c1-2-3-4-5/h1,3-4H2. The lowest BCUT2D eigenvalue weighted by Crippen LogP contribution is -1.63. The van der Waals surface area contributed by atoms with Crippen LogP contribution < -0.4 is 0 Å². The Morgan fingerprint density at radius 2 is 2.40 bits per heavy atom. The van der Waals surface area contributed by atoms with Gasteiger partial charge in [-0.3, -0.25) is 4.39 Å². The highest BCUT2D eigenvalue weighted by Gasteiger charge is 1.66. The maximum atomic E-state index is 10.9. The van der Waals surface area contributed by atoms with E-state index in [0.717, 1.165) is 0 Å². The second-order valence-electron chi connectivity index (χ2n) is 0.689. The Balaban J connectivity index is 2.40. The molecule has 0 unspecified atom stereocenters. The number of hydrogen-bond acceptors (Lipinski definition) is 0. The summed E-state index contributed by atoms with van der Waals surface area (Å²) in [6.45, 7) is 2.86. The lowest BCUT2D eigenvalue weighted by Gasteiger charge is -1.68. The fourth-order valence-corrected chi connectivity index (χ4v) is 0.0668. The van der Waals surface area contributed by atoms with E-state index in [2.05, 4.69) is 12.7 Å². The molecule has 0 rings (SSSR count). The Morgan fingerprint density at radius 3 is 2.40 bits per heavy atom. The molecule has 0 spiro atoms. The minimum Gasteiger partial charge on any atom is -0.251 e. The van der Waals surface area contributed by atoms with Crippen molar-refractivity contribution in [1.82, 2.24) is 0 Å². The average Bonchev–Trinajstić information content (AvgIpc) is 1.41. The lowest BCUT2D eigenvalue weighted by atomic mass is 10.5. The summed E-state index contributed by atoms with van der Waals surface area (Å²) < 4.78 is 10.9. The molecule has 0 aromatic rings. The molecule has 0 aliphatic heterocycles. The van der Waals surface area contributed by atoms with E-state index >= 15 is 0 Å².